The minimum absolute atomic E-state index is 0.607. The van der Waals surface area contributed by atoms with Gasteiger partial charge in [0.05, 0.1) is 6.54 Å². The van der Waals surface area contributed by atoms with E-state index in [4.69, 9.17) is 0 Å². The summed E-state index contributed by atoms with van der Waals surface area (Å²) >= 11 is 3.47. The zero-order chi connectivity index (χ0) is 9.80. The van der Waals surface area contributed by atoms with Crippen molar-refractivity contribution in [2.75, 3.05) is 5.75 Å². The second-order valence-corrected chi connectivity index (χ2v) is 5.10. The number of rotatable bonds is 3. The summed E-state index contributed by atoms with van der Waals surface area (Å²) < 4.78 is 0. The second-order valence-electron chi connectivity index (χ2n) is 3.11. The van der Waals surface area contributed by atoms with Crippen molar-refractivity contribution < 1.29 is 0 Å². The standard InChI is InChI=1S/C9H13N3S2/c1-2-7-6-14-9(12-7)11-5-8-10-3-4-13-8/h3-4,7H,2,5-6H2,1H3,(H,11,12). The maximum absolute atomic E-state index is 4.48. The minimum atomic E-state index is 0.607. The molecule has 2 rings (SSSR count). The Balaban J connectivity index is 1.87. The number of aliphatic imine (C=N–C) groups is 1. The molecule has 0 bridgehead atoms. The molecule has 5 heteroatoms. The number of thiazole rings is 1. The zero-order valence-corrected chi connectivity index (χ0v) is 9.70. The van der Waals surface area contributed by atoms with Gasteiger partial charge in [0.1, 0.15) is 5.01 Å². The topological polar surface area (TPSA) is 37.3 Å². The summed E-state index contributed by atoms with van der Waals surface area (Å²) in [6, 6.07) is 0.607. The van der Waals surface area contributed by atoms with Gasteiger partial charge in [-0.1, -0.05) is 18.7 Å². The Morgan fingerprint density at radius 3 is 3.29 bits per heavy atom. The molecule has 1 N–H and O–H groups in total. The molecular formula is C9H13N3S2. The molecule has 76 valence electrons. The average Bonchev–Trinajstić information content (AvgIpc) is 2.86. The summed E-state index contributed by atoms with van der Waals surface area (Å²) in [5.41, 5.74) is 0. The van der Waals surface area contributed by atoms with Crippen molar-refractivity contribution in [1.29, 1.82) is 0 Å². The van der Waals surface area contributed by atoms with Crippen molar-refractivity contribution in [2.24, 2.45) is 4.99 Å². The third-order valence-electron chi connectivity index (χ3n) is 2.08. The Kier molecular flexibility index (Phi) is 3.42. The number of amidine groups is 1. The van der Waals surface area contributed by atoms with Crippen LogP contribution in [0.4, 0.5) is 0 Å². The lowest BCUT2D eigenvalue weighted by Crippen LogP contribution is -2.25. The van der Waals surface area contributed by atoms with Crippen LogP contribution in [0.2, 0.25) is 0 Å². The van der Waals surface area contributed by atoms with Gasteiger partial charge in [-0.2, -0.15) is 0 Å². The van der Waals surface area contributed by atoms with E-state index < -0.39 is 0 Å². The fraction of sp³-hybridized carbons (Fsp3) is 0.556. The molecule has 1 aliphatic heterocycles. The summed E-state index contributed by atoms with van der Waals surface area (Å²) in [6.07, 6.45) is 2.99. The molecule has 0 aromatic carbocycles. The highest BCUT2D eigenvalue weighted by molar-refractivity contribution is 8.14. The summed E-state index contributed by atoms with van der Waals surface area (Å²) in [4.78, 5) is 8.67. The maximum Gasteiger partial charge on any atom is 0.157 e. The van der Waals surface area contributed by atoms with Gasteiger partial charge >= 0.3 is 0 Å². The van der Waals surface area contributed by atoms with Crippen LogP contribution in [-0.2, 0) is 6.54 Å². The maximum atomic E-state index is 4.48. The Bertz CT molecular complexity index is 308. The van der Waals surface area contributed by atoms with Gasteiger partial charge in [0.25, 0.3) is 0 Å². The van der Waals surface area contributed by atoms with Crippen LogP contribution in [0.15, 0.2) is 16.6 Å². The number of hydrogen-bond donors (Lipinski definition) is 1. The van der Waals surface area contributed by atoms with Gasteiger partial charge in [-0.15, -0.1) is 11.3 Å². The van der Waals surface area contributed by atoms with Crippen molar-refractivity contribution >= 4 is 28.3 Å². The molecular weight excluding hydrogens is 214 g/mol. The molecule has 1 aromatic rings. The number of nitrogens with zero attached hydrogens (tertiary/aromatic N) is 2. The third kappa shape index (κ3) is 2.48. The van der Waals surface area contributed by atoms with Gasteiger partial charge in [0, 0.05) is 23.4 Å². The van der Waals surface area contributed by atoms with E-state index in [1.807, 2.05) is 23.3 Å². The first-order valence-electron chi connectivity index (χ1n) is 4.70. The summed E-state index contributed by atoms with van der Waals surface area (Å²) in [5.74, 6) is 1.15. The number of nitrogens with one attached hydrogen (secondary N) is 1. The molecule has 1 aliphatic rings. The Morgan fingerprint density at radius 2 is 2.64 bits per heavy atom. The van der Waals surface area contributed by atoms with E-state index in [1.165, 1.54) is 6.42 Å². The summed E-state index contributed by atoms with van der Waals surface area (Å²) in [7, 11) is 0. The lowest BCUT2D eigenvalue weighted by molar-refractivity contribution is 0.667. The van der Waals surface area contributed by atoms with Crippen molar-refractivity contribution in [1.82, 2.24) is 10.3 Å². The molecule has 1 atom stereocenters. The highest BCUT2D eigenvalue weighted by Crippen LogP contribution is 2.16. The average molecular weight is 227 g/mol. The molecule has 3 nitrogen and oxygen atoms in total. The predicted molar refractivity (Wildman–Crippen MR) is 62.9 cm³/mol. The Hall–Kier alpha value is -0.550. The largest absolute Gasteiger partial charge is 0.361 e. The SMILES string of the molecule is CCC1CSC(=NCc2nccs2)N1. The number of thioether (sulfide) groups is 1. The molecule has 0 spiro atoms. The first-order chi connectivity index (χ1) is 6.88. The van der Waals surface area contributed by atoms with E-state index in [0.717, 1.165) is 15.9 Å². The van der Waals surface area contributed by atoms with Gasteiger partial charge in [-0.05, 0) is 6.42 Å². The van der Waals surface area contributed by atoms with Crippen LogP contribution in [0.1, 0.15) is 18.4 Å². The molecule has 1 saturated heterocycles. The Morgan fingerprint density at radius 1 is 1.71 bits per heavy atom. The molecule has 0 amide bonds. The fourth-order valence-corrected chi connectivity index (χ4v) is 2.84. The number of hydrogen-bond acceptors (Lipinski definition) is 4. The highest BCUT2D eigenvalue weighted by Gasteiger charge is 2.17. The van der Waals surface area contributed by atoms with Crippen LogP contribution in [-0.4, -0.2) is 21.9 Å². The van der Waals surface area contributed by atoms with Crippen LogP contribution in [0.3, 0.4) is 0 Å². The fourth-order valence-electron chi connectivity index (χ4n) is 1.22. The third-order valence-corrected chi connectivity index (χ3v) is 3.94. The molecule has 14 heavy (non-hydrogen) atoms. The van der Waals surface area contributed by atoms with Gasteiger partial charge in [0.2, 0.25) is 0 Å². The van der Waals surface area contributed by atoms with E-state index in [1.54, 1.807) is 11.3 Å². The first kappa shape index (κ1) is 9.98. The lowest BCUT2D eigenvalue weighted by Gasteiger charge is -2.04. The lowest BCUT2D eigenvalue weighted by atomic mass is 10.3. The molecule has 0 radical (unpaired) electrons. The van der Waals surface area contributed by atoms with Crippen LogP contribution in [0, 0.1) is 0 Å². The van der Waals surface area contributed by atoms with Crippen molar-refractivity contribution in [3.8, 4) is 0 Å². The molecule has 1 fully saturated rings. The minimum Gasteiger partial charge on any atom is -0.361 e. The normalized spacial score (nSPS) is 24.1. The quantitative estimate of drug-likeness (QED) is 0.859. The van der Waals surface area contributed by atoms with E-state index in [-0.39, 0.29) is 0 Å². The molecule has 0 saturated carbocycles. The van der Waals surface area contributed by atoms with Crippen LogP contribution >= 0.6 is 23.1 Å². The Labute approximate surface area is 92.0 Å². The predicted octanol–water partition coefficient (Wildman–Crippen LogP) is 2.11. The van der Waals surface area contributed by atoms with E-state index in [2.05, 4.69) is 22.2 Å². The van der Waals surface area contributed by atoms with Crippen molar-refractivity contribution in [3.63, 3.8) is 0 Å². The summed E-state index contributed by atoms with van der Waals surface area (Å²) in [6.45, 7) is 2.91. The number of aromatic nitrogens is 1. The zero-order valence-electron chi connectivity index (χ0n) is 8.06. The van der Waals surface area contributed by atoms with Crippen molar-refractivity contribution in [3.05, 3.63) is 16.6 Å². The van der Waals surface area contributed by atoms with Gasteiger partial charge in [-0.25, -0.2) is 4.98 Å². The summed E-state index contributed by atoms with van der Waals surface area (Å²) in [5, 5.41) is 7.54. The molecule has 2 heterocycles. The highest BCUT2D eigenvalue weighted by atomic mass is 32.2. The van der Waals surface area contributed by atoms with Gasteiger partial charge in [-0.3, -0.25) is 4.99 Å². The van der Waals surface area contributed by atoms with Crippen LogP contribution in [0.25, 0.3) is 0 Å². The van der Waals surface area contributed by atoms with Crippen molar-refractivity contribution in [2.45, 2.75) is 25.9 Å². The van der Waals surface area contributed by atoms with Gasteiger partial charge < -0.3 is 5.32 Å². The van der Waals surface area contributed by atoms with E-state index >= 15 is 0 Å². The molecule has 1 unspecified atom stereocenters. The van der Waals surface area contributed by atoms with Crippen LogP contribution < -0.4 is 5.32 Å². The van der Waals surface area contributed by atoms with Gasteiger partial charge in [0.15, 0.2) is 5.17 Å². The van der Waals surface area contributed by atoms with E-state index in [9.17, 15) is 0 Å². The molecule has 0 aliphatic carbocycles. The first-order valence-corrected chi connectivity index (χ1v) is 6.57. The molecule has 1 aromatic heterocycles. The van der Waals surface area contributed by atoms with Crippen LogP contribution in [0.5, 0.6) is 0 Å². The second kappa shape index (κ2) is 4.79. The van der Waals surface area contributed by atoms with E-state index in [0.29, 0.717) is 12.6 Å². The monoisotopic (exact) mass is 227 g/mol. The smallest absolute Gasteiger partial charge is 0.157 e.